The number of carbonyl (C=O) groups is 2. The lowest BCUT2D eigenvalue weighted by molar-refractivity contribution is -0.154. The van der Waals surface area contributed by atoms with E-state index < -0.39 is 18.2 Å². The molecule has 108 valence electrons. The molecule has 0 unspecified atom stereocenters. The fourth-order valence-electron chi connectivity index (χ4n) is 2.18. The Morgan fingerprint density at radius 2 is 2.25 bits per heavy atom. The van der Waals surface area contributed by atoms with Crippen LogP contribution >= 0.6 is 11.3 Å². The van der Waals surface area contributed by atoms with Gasteiger partial charge >= 0.3 is 5.97 Å². The third kappa shape index (κ3) is 3.46. The summed E-state index contributed by atoms with van der Waals surface area (Å²) in [5.41, 5.74) is 0. The minimum atomic E-state index is -1.01. The van der Waals surface area contributed by atoms with Gasteiger partial charge in [0.1, 0.15) is 6.10 Å². The summed E-state index contributed by atoms with van der Waals surface area (Å²) in [7, 11) is 0. The molecule has 0 spiro atoms. The van der Waals surface area contributed by atoms with Crippen molar-refractivity contribution in [3.8, 4) is 0 Å². The number of carboxylic acid groups (broad SMARTS) is 1. The Morgan fingerprint density at radius 3 is 2.80 bits per heavy atom. The maximum Gasteiger partial charge on any atom is 0.332 e. The summed E-state index contributed by atoms with van der Waals surface area (Å²) in [6.07, 6.45) is 0.975. The Kier molecular flexibility index (Phi) is 4.92. The lowest BCUT2D eigenvalue weighted by Gasteiger charge is -2.23. The van der Waals surface area contributed by atoms with Gasteiger partial charge in [-0.25, -0.2) is 4.79 Å². The van der Waals surface area contributed by atoms with Crippen molar-refractivity contribution in [1.29, 1.82) is 0 Å². The largest absolute Gasteiger partial charge is 0.479 e. The molecular weight excluding hydrogens is 278 g/mol. The molecule has 1 aromatic heterocycles. The van der Waals surface area contributed by atoms with E-state index in [1.54, 1.807) is 22.3 Å². The van der Waals surface area contributed by atoms with Crippen LogP contribution in [0.4, 0.5) is 0 Å². The molecule has 1 N–H and O–H groups in total. The third-order valence-corrected chi connectivity index (χ3v) is 4.02. The van der Waals surface area contributed by atoms with Crippen molar-refractivity contribution in [2.45, 2.75) is 31.6 Å². The van der Waals surface area contributed by atoms with Gasteiger partial charge in [0.05, 0.1) is 6.54 Å². The first-order chi connectivity index (χ1) is 9.61. The van der Waals surface area contributed by atoms with E-state index in [9.17, 15) is 9.59 Å². The molecule has 1 aliphatic heterocycles. The molecular formula is C14H17NO4S. The first-order valence-corrected chi connectivity index (χ1v) is 7.30. The molecule has 2 heterocycles. The fraction of sp³-hybridized carbons (Fsp3) is 0.429. The van der Waals surface area contributed by atoms with E-state index in [0.29, 0.717) is 25.9 Å². The minimum absolute atomic E-state index is 0.165. The standard InChI is InChI=1S/C14H17NO4S/c1-2-7-15(9-10-4-3-8-20-10)13(16)11-5-6-12(19-11)14(17)18/h2-4,8,11-12H,1,5-7,9H2,(H,17,18)/t11-,12+/m0/s1. The number of aliphatic carboxylic acids is 1. The van der Waals surface area contributed by atoms with Crippen LogP contribution in [0.5, 0.6) is 0 Å². The highest BCUT2D eigenvalue weighted by molar-refractivity contribution is 7.09. The lowest BCUT2D eigenvalue weighted by Crippen LogP contribution is -2.39. The monoisotopic (exact) mass is 295 g/mol. The van der Waals surface area contributed by atoms with E-state index in [1.807, 2.05) is 17.5 Å². The van der Waals surface area contributed by atoms with Gasteiger partial charge in [-0.05, 0) is 24.3 Å². The van der Waals surface area contributed by atoms with E-state index in [1.165, 1.54) is 0 Å². The molecule has 1 saturated heterocycles. The number of hydrogen-bond acceptors (Lipinski definition) is 4. The van der Waals surface area contributed by atoms with Crippen molar-refractivity contribution < 1.29 is 19.4 Å². The van der Waals surface area contributed by atoms with Gasteiger partial charge in [0.25, 0.3) is 5.91 Å². The molecule has 1 aliphatic rings. The molecule has 0 aromatic carbocycles. The summed E-state index contributed by atoms with van der Waals surface area (Å²) >= 11 is 1.58. The average molecular weight is 295 g/mol. The highest BCUT2D eigenvalue weighted by Crippen LogP contribution is 2.23. The molecule has 0 radical (unpaired) electrons. The Hall–Kier alpha value is -1.66. The molecule has 2 rings (SSSR count). The molecule has 2 atom stereocenters. The number of ether oxygens (including phenoxy) is 1. The van der Waals surface area contributed by atoms with Crippen LogP contribution in [-0.2, 0) is 20.9 Å². The van der Waals surface area contributed by atoms with Crippen molar-refractivity contribution in [1.82, 2.24) is 4.90 Å². The summed E-state index contributed by atoms with van der Waals surface area (Å²) < 4.78 is 5.31. The van der Waals surface area contributed by atoms with Gasteiger partial charge in [0.15, 0.2) is 6.10 Å². The number of amides is 1. The second kappa shape index (κ2) is 6.67. The molecule has 6 heteroatoms. The Labute approximate surface area is 121 Å². The number of hydrogen-bond donors (Lipinski definition) is 1. The summed E-state index contributed by atoms with van der Waals surface area (Å²) in [4.78, 5) is 26.0. The van der Waals surface area contributed by atoms with Gasteiger partial charge in [0, 0.05) is 11.4 Å². The smallest absolute Gasteiger partial charge is 0.332 e. The van der Waals surface area contributed by atoms with Crippen LogP contribution in [0.15, 0.2) is 30.2 Å². The van der Waals surface area contributed by atoms with Gasteiger partial charge in [-0.1, -0.05) is 12.1 Å². The quantitative estimate of drug-likeness (QED) is 0.814. The fourth-order valence-corrected chi connectivity index (χ4v) is 2.90. The summed E-state index contributed by atoms with van der Waals surface area (Å²) in [6, 6.07) is 3.90. The van der Waals surface area contributed by atoms with Crippen molar-refractivity contribution in [3.63, 3.8) is 0 Å². The molecule has 1 amide bonds. The van der Waals surface area contributed by atoms with Gasteiger partial charge < -0.3 is 14.7 Å². The number of nitrogens with zero attached hydrogens (tertiary/aromatic N) is 1. The Morgan fingerprint density at radius 1 is 1.50 bits per heavy atom. The van der Waals surface area contributed by atoms with E-state index in [2.05, 4.69) is 6.58 Å². The van der Waals surface area contributed by atoms with Crippen LogP contribution in [-0.4, -0.2) is 40.6 Å². The SMILES string of the molecule is C=CCN(Cc1cccs1)C(=O)[C@@H]1CC[C@H](C(=O)O)O1. The van der Waals surface area contributed by atoms with E-state index in [0.717, 1.165) is 4.88 Å². The summed E-state index contributed by atoms with van der Waals surface area (Å²) in [5.74, 6) is -1.17. The summed E-state index contributed by atoms with van der Waals surface area (Å²) in [6.45, 7) is 4.58. The van der Waals surface area contributed by atoms with Crippen molar-refractivity contribution in [3.05, 3.63) is 35.0 Å². The van der Waals surface area contributed by atoms with Crippen molar-refractivity contribution >= 4 is 23.2 Å². The molecule has 0 saturated carbocycles. The zero-order valence-corrected chi connectivity index (χ0v) is 11.8. The van der Waals surface area contributed by atoms with Gasteiger partial charge in [-0.15, -0.1) is 17.9 Å². The van der Waals surface area contributed by atoms with Crippen LogP contribution in [0.3, 0.4) is 0 Å². The molecule has 0 aliphatic carbocycles. The number of carboxylic acids is 1. The van der Waals surface area contributed by atoms with Crippen LogP contribution in [0.1, 0.15) is 17.7 Å². The topological polar surface area (TPSA) is 66.8 Å². The van der Waals surface area contributed by atoms with Gasteiger partial charge in [-0.2, -0.15) is 0 Å². The van der Waals surface area contributed by atoms with E-state index >= 15 is 0 Å². The van der Waals surface area contributed by atoms with E-state index in [4.69, 9.17) is 9.84 Å². The van der Waals surface area contributed by atoms with Crippen LogP contribution in [0.2, 0.25) is 0 Å². The number of thiophene rings is 1. The Balaban J connectivity index is 2.00. The van der Waals surface area contributed by atoms with Crippen molar-refractivity contribution in [2.24, 2.45) is 0 Å². The molecule has 5 nitrogen and oxygen atoms in total. The maximum absolute atomic E-state index is 12.4. The second-order valence-corrected chi connectivity index (χ2v) is 5.65. The normalized spacial score (nSPS) is 21.6. The highest BCUT2D eigenvalue weighted by atomic mass is 32.1. The van der Waals surface area contributed by atoms with Crippen LogP contribution in [0.25, 0.3) is 0 Å². The third-order valence-electron chi connectivity index (χ3n) is 3.16. The summed E-state index contributed by atoms with van der Waals surface area (Å²) in [5, 5.41) is 10.9. The van der Waals surface area contributed by atoms with Crippen LogP contribution < -0.4 is 0 Å². The predicted octanol–water partition coefficient (Wildman–Crippen LogP) is 1.89. The first-order valence-electron chi connectivity index (χ1n) is 6.42. The first kappa shape index (κ1) is 14.7. The zero-order valence-electron chi connectivity index (χ0n) is 11.0. The van der Waals surface area contributed by atoms with Gasteiger partial charge in [0.2, 0.25) is 0 Å². The lowest BCUT2D eigenvalue weighted by atomic mass is 10.2. The highest BCUT2D eigenvalue weighted by Gasteiger charge is 2.36. The van der Waals surface area contributed by atoms with Crippen LogP contribution in [0, 0.1) is 0 Å². The molecule has 20 heavy (non-hydrogen) atoms. The van der Waals surface area contributed by atoms with E-state index in [-0.39, 0.29) is 5.91 Å². The predicted molar refractivity (Wildman–Crippen MR) is 75.5 cm³/mol. The zero-order chi connectivity index (χ0) is 14.5. The molecule has 1 fully saturated rings. The number of carbonyl (C=O) groups excluding carboxylic acids is 1. The number of rotatable bonds is 6. The molecule has 0 bridgehead atoms. The van der Waals surface area contributed by atoms with Crippen molar-refractivity contribution in [2.75, 3.05) is 6.54 Å². The molecule has 1 aromatic rings. The average Bonchev–Trinajstić information content (AvgIpc) is 3.08. The maximum atomic E-state index is 12.4. The minimum Gasteiger partial charge on any atom is -0.479 e. The van der Waals surface area contributed by atoms with Gasteiger partial charge in [-0.3, -0.25) is 4.79 Å². The second-order valence-electron chi connectivity index (χ2n) is 4.62. The Bertz CT molecular complexity index is 485.